The normalized spacial score (nSPS) is 18.8. The molecular formula is C20H17N5O4S2. The number of sulfonamides is 1. The Bertz CT molecular complexity index is 1420. The quantitative estimate of drug-likeness (QED) is 0.501. The third-order valence-electron chi connectivity index (χ3n) is 5.49. The van der Waals surface area contributed by atoms with Gasteiger partial charge in [0.2, 0.25) is 0 Å². The molecule has 2 aromatic carbocycles. The maximum absolute atomic E-state index is 13.2. The number of benzene rings is 2. The summed E-state index contributed by atoms with van der Waals surface area (Å²) in [7, 11) is -3.78. The molecule has 31 heavy (non-hydrogen) atoms. The lowest BCUT2D eigenvalue weighted by molar-refractivity contribution is -0.0414. The minimum absolute atomic E-state index is 0.124. The lowest BCUT2D eigenvalue weighted by Crippen LogP contribution is -2.42. The number of hydroxylamine groups is 1. The number of nitrogens with one attached hydrogen (secondary N) is 1. The van der Waals surface area contributed by atoms with Gasteiger partial charge >= 0.3 is 0 Å². The van der Waals surface area contributed by atoms with E-state index in [1.165, 1.54) is 6.33 Å². The predicted molar refractivity (Wildman–Crippen MR) is 116 cm³/mol. The van der Waals surface area contributed by atoms with Gasteiger partial charge in [-0.05, 0) is 41.6 Å². The average molecular weight is 456 g/mol. The van der Waals surface area contributed by atoms with Gasteiger partial charge in [0.1, 0.15) is 17.0 Å². The molecule has 4 aromatic rings. The van der Waals surface area contributed by atoms with Crippen LogP contribution in [-0.4, -0.2) is 47.1 Å². The van der Waals surface area contributed by atoms with Crippen LogP contribution in [0.4, 0.5) is 11.5 Å². The molecule has 158 valence electrons. The Morgan fingerprint density at radius 2 is 1.94 bits per heavy atom. The molecule has 0 unspecified atom stereocenters. The average Bonchev–Trinajstić information content (AvgIpc) is 3.35. The first-order valence-corrected chi connectivity index (χ1v) is 12.1. The number of fused-ring (bicyclic) bond motifs is 3. The Kier molecular flexibility index (Phi) is 4.32. The zero-order chi connectivity index (χ0) is 21.0. The SMILES string of the molecule is O=S1(=O)c2cc3c(Nc4ccc5scnc5c4)ncnc3cc2ON1C1CCOCC1. The van der Waals surface area contributed by atoms with E-state index in [9.17, 15) is 8.42 Å². The summed E-state index contributed by atoms with van der Waals surface area (Å²) in [5.41, 5.74) is 4.08. The summed E-state index contributed by atoms with van der Waals surface area (Å²) in [6.07, 6.45) is 2.63. The van der Waals surface area contributed by atoms with Crippen LogP contribution in [0.15, 0.2) is 47.1 Å². The summed E-state index contributed by atoms with van der Waals surface area (Å²) in [6.45, 7) is 1.03. The van der Waals surface area contributed by atoms with Gasteiger partial charge in [-0.1, -0.05) is 0 Å². The largest absolute Gasteiger partial charge is 0.389 e. The highest BCUT2D eigenvalue weighted by atomic mass is 32.2. The number of hydrogen-bond acceptors (Lipinski definition) is 9. The zero-order valence-corrected chi connectivity index (χ0v) is 17.8. The van der Waals surface area contributed by atoms with Crippen molar-refractivity contribution in [1.29, 1.82) is 0 Å². The van der Waals surface area contributed by atoms with Crippen LogP contribution in [0.25, 0.3) is 21.1 Å². The number of thiazole rings is 1. The molecule has 6 rings (SSSR count). The molecule has 0 atom stereocenters. The first-order chi connectivity index (χ1) is 15.1. The molecule has 0 bridgehead atoms. The van der Waals surface area contributed by atoms with Gasteiger partial charge < -0.3 is 14.9 Å². The molecule has 0 radical (unpaired) electrons. The molecule has 1 fully saturated rings. The van der Waals surface area contributed by atoms with Gasteiger partial charge in [-0.3, -0.25) is 0 Å². The van der Waals surface area contributed by atoms with E-state index in [-0.39, 0.29) is 16.7 Å². The van der Waals surface area contributed by atoms with Crippen LogP contribution < -0.4 is 10.2 Å². The number of nitrogens with zero attached hydrogens (tertiary/aromatic N) is 4. The fourth-order valence-electron chi connectivity index (χ4n) is 3.92. The number of anilines is 2. The van der Waals surface area contributed by atoms with E-state index in [2.05, 4.69) is 20.3 Å². The van der Waals surface area contributed by atoms with Gasteiger partial charge in [-0.15, -0.1) is 11.3 Å². The molecule has 0 spiro atoms. The first-order valence-electron chi connectivity index (χ1n) is 9.79. The summed E-state index contributed by atoms with van der Waals surface area (Å²) < 4.78 is 34.0. The summed E-state index contributed by atoms with van der Waals surface area (Å²) in [6, 6.07) is 8.85. The van der Waals surface area contributed by atoms with E-state index in [0.29, 0.717) is 42.8 Å². The molecule has 9 nitrogen and oxygen atoms in total. The highest BCUT2D eigenvalue weighted by Crippen LogP contribution is 2.41. The highest BCUT2D eigenvalue weighted by molar-refractivity contribution is 7.89. The number of hydrogen-bond donors (Lipinski definition) is 1. The van der Waals surface area contributed by atoms with E-state index >= 15 is 0 Å². The lowest BCUT2D eigenvalue weighted by atomic mass is 10.1. The molecular weight excluding hydrogens is 438 g/mol. The standard InChI is InChI=1S/C20H17N5O4S2/c26-31(27)19-8-14-15(9-17(19)29-25(31)13-3-5-28-6-4-13)21-10-22-20(14)24-12-1-2-18-16(7-12)23-11-30-18/h1-2,7-11,13H,3-6H2,(H,21,22,24). The third kappa shape index (κ3) is 3.12. The van der Waals surface area contributed by atoms with Crippen LogP contribution in [-0.2, 0) is 14.8 Å². The van der Waals surface area contributed by atoms with Crippen molar-refractivity contribution in [2.24, 2.45) is 0 Å². The monoisotopic (exact) mass is 455 g/mol. The smallest absolute Gasteiger partial charge is 0.278 e. The summed E-state index contributed by atoms with van der Waals surface area (Å²) >= 11 is 1.57. The minimum Gasteiger partial charge on any atom is -0.389 e. The molecule has 0 saturated carbocycles. The van der Waals surface area contributed by atoms with Crippen molar-refractivity contribution >= 4 is 54.0 Å². The fourth-order valence-corrected chi connectivity index (χ4v) is 6.17. The molecule has 1 N–H and O–H groups in total. The second-order valence-corrected chi connectivity index (χ2v) is 10.0. The van der Waals surface area contributed by atoms with Crippen LogP contribution in [0.3, 0.4) is 0 Å². The van der Waals surface area contributed by atoms with Gasteiger partial charge in [0.25, 0.3) is 10.0 Å². The maximum atomic E-state index is 13.2. The molecule has 2 aliphatic rings. The first kappa shape index (κ1) is 18.9. The van der Waals surface area contributed by atoms with Crippen molar-refractivity contribution < 1.29 is 18.0 Å². The molecule has 2 aromatic heterocycles. The van der Waals surface area contributed by atoms with Gasteiger partial charge in [0.05, 0.1) is 27.3 Å². The summed E-state index contributed by atoms with van der Waals surface area (Å²) in [4.78, 5) is 18.9. The summed E-state index contributed by atoms with van der Waals surface area (Å²) in [5.74, 6) is 0.801. The van der Waals surface area contributed by atoms with Crippen molar-refractivity contribution in [3.8, 4) is 5.75 Å². The van der Waals surface area contributed by atoms with Crippen molar-refractivity contribution in [2.75, 3.05) is 18.5 Å². The van der Waals surface area contributed by atoms with Gasteiger partial charge in [0, 0.05) is 30.4 Å². The molecule has 11 heteroatoms. The summed E-state index contributed by atoms with van der Waals surface area (Å²) in [5, 5.41) is 3.87. The minimum atomic E-state index is -3.78. The molecule has 1 saturated heterocycles. The van der Waals surface area contributed by atoms with E-state index < -0.39 is 10.0 Å². The second-order valence-electron chi connectivity index (χ2n) is 7.39. The number of ether oxygens (including phenoxy) is 1. The van der Waals surface area contributed by atoms with Gasteiger partial charge in [0.15, 0.2) is 5.75 Å². The Balaban J connectivity index is 1.41. The van der Waals surface area contributed by atoms with Crippen LogP contribution >= 0.6 is 11.3 Å². The molecule has 4 heterocycles. The molecule has 0 aliphatic carbocycles. The Hall–Kier alpha value is -2.86. The van der Waals surface area contributed by atoms with E-state index in [4.69, 9.17) is 9.57 Å². The third-order valence-corrected chi connectivity index (χ3v) is 8.02. The van der Waals surface area contributed by atoms with Crippen molar-refractivity contribution in [3.63, 3.8) is 0 Å². The van der Waals surface area contributed by atoms with Crippen molar-refractivity contribution in [2.45, 2.75) is 23.8 Å². The van der Waals surface area contributed by atoms with E-state index in [1.54, 1.807) is 29.0 Å². The van der Waals surface area contributed by atoms with E-state index in [1.807, 2.05) is 18.2 Å². The van der Waals surface area contributed by atoms with Crippen LogP contribution in [0.1, 0.15) is 12.8 Å². The van der Waals surface area contributed by atoms with Crippen LogP contribution in [0.2, 0.25) is 0 Å². The zero-order valence-electron chi connectivity index (χ0n) is 16.2. The topological polar surface area (TPSA) is 107 Å². The van der Waals surface area contributed by atoms with Crippen molar-refractivity contribution in [3.05, 3.63) is 42.2 Å². The Labute approximate surface area is 181 Å². The highest BCUT2D eigenvalue weighted by Gasteiger charge is 2.43. The van der Waals surface area contributed by atoms with Crippen LogP contribution in [0.5, 0.6) is 5.75 Å². The second kappa shape index (κ2) is 7.09. The molecule has 0 amide bonds. The maximum Gasteiger partial charge on any atom is 0.278 e. The Morgan fingerprint density at radius 3 is 2.81 bits per heavy atom. The fraction of sp³-hybridized carbons (Fsp3) is 0.250. The van der Waals surface area contributed by atoms with Crippen molar-refractivity contribution in [1.82, 2.24) is 19.4 Å². The van der Waals surface area contributed by atoms with Gasteiger partial charge in [-0.2, -0.15) is 0 Å². The predicted octanol–water partition coefficient (Wildman–Crippen LogP) is 3.46. The molecule has 2 aliphatic heterocycles. The lowest BCUT2D eigenvalue weighted by Gasteiger charge is -2.27. The number of rotatable bonds is 3. The van der Waals surface area contributed by atoms with Crippen LogP contribution in [0, 0.1) is 0 Å². The Morgan fingerprint density at radius 1 is 1.06 bits per heavy atom. The van der Waals surface area contributed by atoms with E-state index in [0.717, 1.165) is 20.4 Å². The number of aromatic nitrogens is 3. The van der Waals surface area contributed by atoms with Gasteiger partial charge in [-0.25, -0.2) is 23.4 Å².